The second-order valence-electron chi connectivity index (χ2n) is 8.50. The lowest BCUT2D eigenvalue weighted by Gasteiger charge is -2.18. The molecule has 2 atom stereocenters. The third kappa shape index (κ3) is 4.78. The maximum absolute atomic E-state index is 13.5. The average molecular weight is 449 g/mol. The van der Waals surface area contributed by atoms with Gasteiger partial charge in [-0.15, -0.1) is 0 Å². The Labute approximate surface area is 190 Å². The quantitative estimate of drug-likeness (QED) is 0.622. The Kier molecular flexibility index (Phi) is 5.87. The van der Waals surface area contributed by atoms with Crippen LogP contribution < -0.4 is 10.2 Å². The lowest BCUT2D eigenvalue weighted by atomic mass is 10.1. The fourth-order valence-corrected chi connectivity index (χ4v) is 4.41. The van der Waals surface area contributed by atoms with Crippen LogP contribution >= 0.6 is 0 Å². The van der Waals surface area contributed by atoms with Crippen LogP contribution in [0.1, 0.15) is 18.7 Å². The molecule has 3 heterocycles. The van der Waals surface area contributed by atoms with Crippen molar-refractivity contribution < 1.29 is 18.5 Å². The van der Waals surface area contributed by atoms with Crippen LogP contribution in [0, 0.1) is 11.7 Å². The Morgan fingerprint density at radius 2 is 2.00 bits per heavy atom. The minimum Gasteiger partial charge on any atom is -0.352 e. The second kappa shape index (κ2) is 9.11. The summed E-state index contributed by atoms with van der Waals surface area (Å²) in [4.78, 5) is 33.3. The molecule has 2 aromatic carbocycles. The smallest absolute Gasteiger partial charge is 0.257 e. The SMILES string of the molecule is O=C(NC1CCN(Cc2noc(-c3ccccc3)n2)C1)C1CC(=O)N(c2cccc(F)c2)C1. The maximum Gasteiger partial charge on any atom is 0.257 e. The minimum atomic E-state index is -0.444. The van der Waals surface area contributed by atoms with Crippen molar-refractivity contribution in [2.24, 2.45) is 5.92 Å². The number of nitrogens with zero attached hydrogens (tertiary/aromatic N) is 4. The number of carbonyl (C=O) groups is 2. The van der Waals surface area contributed by atoms with Gasteiger partial charge in [0.1, 0.15) is 5.82 Å². The highest BCUT2D eigenvalue weighted by Crippen LogP contribution is 2.26. The Hall–Kier alpha value is -3.59. The van der Waals surface area contributed by atoms with Crippen LogP contribution in [0.25, 0.3) is 11.5 Å². The molecule has 2 unspecified atom stereocenters. The minimum absolute atomic E-state index is 0.00341. The van der Waals surface area contributed by atoms with Crippen molar-refractivity contribution in [3.05, 3.63) is 66.2 Å². The van der Waals surface area contributed by atoms with Gasteiger partial charge in [-0.1, -0.05) is 29.4 Å². The van der Waals surface area contributed by atoms with Crippen molar-refractivity contribution in [3.63, 3.8) is 0 Å². The molecule has 33 heavy (non-hydrogen) atoms. The number of rotatable bonds is 6. The normalized spacial score (nSPS) is 21.0. The van der Waals surface area contributed by atoms with E-state index in [1.807, 2.05) is 30.3 Å². The number of hydrogen-bond acceptors (Lipinski definition) is 6. The molecule has 8 nitrogen and oxygen atoms in total. The van der Waals surface area contributed by atoms with Gasteiger partial charge in [0.05, 0.1) is 12.5 Å². The van der Waals surface area contributed by atoms with E-state index in [9.17, 15) is 14.0 Å². The summed E-state index contributed by atoms with van der Waals surface area (Å²) in [5.74, 6) is -0.0614. The summed E-state index contributed by atoms with van der Waals surface area (Å²) in [6, 6.07) is 15.5. The number of nitrogens with one attached hydrogen (secondary N) is 1. The first-order chi connectivity index (χ1) is 16.0. The van der Waals surface area contributed by atoms with Crippen molar-refractivity contribution >= 4 is 17.5 Å². The fraction of sp³-hybridized carbons (Fsp3) is 0.333. The molecular formula is C24H24FN5O3. The summed E-state index contributed by atoms with van der Waals surface area (Å²) < 4.78 is 18.9. The van der Waals surface area contributed by atoms with E-state index in [-0.39, 0.29) is 30.8 Å². The average Bonchev–Trinajstić information content (AvgIpc) is 3.55. The molecular weight excluding hydrogens is 425 g/mol. The number of amides is 2. The summed E-state index contributed by atoms with van der Waals surface area (Å²) in [7, 11) is 0. The van der Waals surface area contributed by atoms with Gasteiger partial charge in [0, 0.05) is 43.3 Å². The molecule has 0 radical (unpaired) electrons. The Morgan fingerprint density at radius 1 is 1.15 bits per heavy atom. The van der Waals surface area contributed by atoms with Crippen molar-refractivity contribution in [1.29, 1.82) is 0 Å². The van der Waals surface area contributed by atoms with Gasteiger partial charge in [0.15, 0.2) is 5.82 Å². The van der Waals surface area contributed by atoms with Crippen molar-refractivity contribution in [3.8, 4) is 11.5 Å². The number of aromatic nitrogens is 2. The van der Waals surface area contributed by atoms with Crippen molar-refractivity contribution in [1.82, 2.24) is 20.4 Å². The van der Waals surface area contributed by atoms with E-state index in [0.717, 1.165) is 18.5 Å². The highest BCUT2D eigenvalue weighted by atomic mass is 19.1. The molecule has 2 aliphatic rings. The second-order valence-corrected chi connectivity index (χ2v) is 8.50. The van der Waals surface area contributed by atoms with Crippen LogP contribution in [0.2, 0.25) is 0 Å². The van der Waals surface area contributed by atoms with Crippen LogP contribution in [0.4, 0.5) is 10.1 Å². The number of halogens is 1. The highest BCUT2D eigenvalue weighted by molar-refractivity contribution is 6.00. The molecule has 2 amide bonds. The predicted molar refractivity (Wildman–Crippen MR) is 118 cm³/mol. The summed E-state index contributed by atoms with van der Waals surface area (Å²) in [5.41, 5.74) is 1.36. The molecule has 2 aliphatic heterocycles. The number of likely N-dealkylation sites (tertiary alicyclic amines) is 1. The Bertz CT molecular complexity index is 1150. The van der Waals surface area contributed by atoms with Gasteiger partial charge in [-0.3, -0.25) is 14.5 Å². The summed E-state index contributed by atoms with van der Waals surface area (Å²) in [6.07, 6.45) is 0.938. The summed E-state index contributed by atoms with van der Waals surface area (Å²) >= 11 is 0. The van der Waals surface area contributed by atoms with Gasteiger partial charge in [0.25, 0.3) is 5.89 Å². The van der Waals surface area contributed by atoms with Crippen LogP contribution in [-0.4, -0.2) is 52.5 Å². The van der Waals surface area contributed by atoms with E-state index in [4.69, 9.17) is 4.52 Å². The first-order valence-electron chi connectivity index (χ1n) is 11.0. The number of benzene rings is 2. The molecule has 0 bridgehead atoms. The van der Waals surface area contributed by atoms with Crippen LogP contribution in [0.5, 0.6) is 0 Å². The zero-order valence-corrected chi connectivity index (χ0v) is 18.0. The molecule has 1 aromatic heterocycles. The van der Waals surface area contributed by atoms with E-state index in [2.05, 4.69) is 20.4 Å². The molecule has 2 saturated heterocycles. The first-order valence-corrected chi connectivity index (χ1v) is 11.0. The van der Waals surface area contributed by atoms with Crippen molar-refractivity contribution in [2.75, 3.05) is 24.5 Å². The van der Waals surface area contributed by atoms with Gasteiger partial charge in [-0.2, -0.15) is 4.98 Å². The molecule has 1 N–H and O–H groups in total. The van der Waals surface area contributed by atoms with E-state index in [0.29, 0.717) is 30.5 Å². The molecule has 9 heteroatoms. The first kappa shape index (κ1) is 21.3. The van der Waals surface area contributed by atoms with Crippen LogP contribution in [0.15, 0.2) is 59.1 Å². The predicted octanol–water partition coefficient (Wildman–Crippen LogP) is 2.62. The third-order valence-electron chi connectivity index (χ3n) is 6.09. The molecule has 0 spiro atoms. The molecule has 0 aliphatic carbocycles. The van der Waals surface area contributed by atoms with Gasteiger partial charge in [-0.25, -0.2) is 4.39 Å². The summed E-state index contributed by atoms with van der Waals surface area (Å²) in [5, 5.41) is 7.15. The third-order valence-corrected chi connectivity index (χ3v) is 6.09. The molecule has 2 fully saturated rings. The standard InChI is InChI=1S/C24H24FN5O3/c25-18-7-4-8-20(12-18)30-13-17(11-22(30)31)23(32)26-19-9-10-29(14-19)15-21-27-24(33-28-21)16-5-2-1-3-6-16/h1-8,12,17,19H,9-11,13-15H2,(H,26,32). The summed E-state index contributed by atoms with van der Waals surface area (Å²) in [6.45, 7) is 2.28. The monoisotopic (exact) mass is 449 g/mol. The van der Waals surface area contributed by atoms with E-state index in [1.165, 1.54) is 17.0 Å². The van der Waals surface area contributed by atoms with Crippen LogP contribution in [0.3, 0.4) is 0 Å². The topological polar surface area (TPSA) is 91.6 Å². The number of carbonyl (C=O) groups excluding carboxylic acids is 2. The van der Waals surface area contributed by atoms with Gasteiger partial charge < -0.3 is 14.7 Å². The molecule has 5 rings (SSSR count). The van der Waals surface area contributed by atoms with Crippen LogP contribution in [-0.2, 0) is 16.1 Å². The lowest BCUT2D eigenvalue weighted by Crippen LogP contribution is -2.41. The number of anilines is 1. The zero-order chi connectivity index (χ0) is 22.8. The molecule has 3 aromatic rings. The molecule has 170 valence electrons. The number of hydrogen-bond donors (Lipinski definition) is 1. The highest BCUT2D eigenvalue weighted by Gasteiger charge is 2.36. The van der Waals surface area contributed by atoms with Gasteiger partial charge >= 0.3 is 0 Å². The molecule has 0 saturated carbocycles. The van der Waals surface area contributed by atoms with Gasteiger partial charge in [0.2, 0.25) is 11.8 Å². The van der Waals surface area contributed by atoms with E-state index >= 15 is 0 Å². The van der Waals surface area contributed by atoms with E-state index in [1.54, 1.807) is 12.1 Å². The largest absolute Gasteiger partial charge is 0.352 e. The fourth-order valence-electron chi connectivity index (χ4n) is 4.41. The van der Waals surface area contributed by atoms with Gasteiger partial charge in [-0.05, 0) is 36.8 Å². The van der Waals surface area contributed by atoms with Crippen molar-refractivity contribution in [2.45, 2.75) is 25.4 Å². The Morgan fingerprint density at radius 3 is 2.82 bits per heavy atom. The van der Waals surface area contributed by atoms with E-state index < -0.39 is 11.7 Å². The lowest BCUT2D eigenvalue weighted by molar-refractivity contribution is -0.126. The zero-order valence-electron chi connectivity index (χ0n) is 18.0. The maximum atomic E-state index is 13.5. The Balaban J connectivity index is 1.13.